The summed E-state index contributed by atoms with van der Waals surface area (Å²) in [6.45, 7) is 6.89. The van der Waals surface area contributed by atoms with E-state index in [9.17, 15) is 4.79 Å². The largest absolute Gasteiger partial charge is 0.303 e. The van der Waals surface area contributed by atoms with E-state index >= 15 is 0 Å². The summed E-state index contributed by atoms with van der Waals surface area (Å²) in [5.41, 5.74) is 0. The van der Waals surface area contributed by atoms with E-state index in [-0.39, 0.29) is 5.92 Å². The first-order valence-electron chi connectivity index (χ1n) is 6.47. The van der Waals surface area contributed by atoms with E-state index in [1.54, 1.807) is 0 Å². The molecule has 0 aromatic carbocycles. The lowest BCUT2D eigenvalue weighted by atomic mass is 10.0. The van der Waals surface area contributed by atoms with Gasteiger partial charge in [0.05, 0.1) is 0 Å². The van der Waals surface area contributed by atoms with Gasteiger partial charge < -0.3 is 9.69 Å². The Labute approximate surface area is 94.0 Å². The molecule has 88 valence electrons. The van der Waals surface area contributed by atoms with E-state index in [1.807, 2.05) is 6.92 Å². The maximum Gasteiger partial charge on any atom is 0.122 e. The summed E-state index contributed by atoms with van der Waals surface area (Å²) in [5.74, 6) is 0.251. The van der Waals surface area contributed by atoms with E-state index in [0.717, 1.165) is 18.7 Å². The number of hydrogen-bond donors (Lipinski definition) is 0. The van der Waals surface area contributed by atoms with Crippen LogP contribution in [0.1, 0.15) is 52.4 Å². The highest BCUT2D eigenvalue weighted by molar-refractivity contribution is 5.52. The van der Waals surface area contributed by atoms with E-state index < -0.39 is 0 Å². The van der Waals surface area contributed by atoms with Crippen LogP contribution in [0.4, 0.5) is 0 Å². The van der Waals surface area contributed by atoms with Crippen molar-refractivity contribution in [3.05, 3.63) is 0 Å². The van der Waals surface area contributed by atoms with Gasteiger partial charge in [-0.15, -0.1) is 0 Å². The van der Waals surface area contributed by atoms with Crippen molar-refractivity contribution >= 4 is 6.29 Å². The van der Waals surface area contributed by atoms with Gasteiger partial charge in [-0.2, -0.15) is 0 Å². The highest BCUT2D eigenvalue weighted by atomic mass is 16.1. The molecule has 1 aliphatic heterocycles. The predicted molar refractivity (Wildman–Crippen MR) is 64.0 cm³/mol. The Hall–Kier alpha value is -0.370. The van der Waals surface area contributed by atoms with Gasteiger partial charge in [0.25, 0.3) is 0 Å². The van der Waals surface area contributed by atoms with Crippen molar-refractivity contribution in [2.24, 2.45) is 5.92 Å². The number of rotatable bonds is 7. The molecular weight excluding hydrogens is 186 g/mol. The average Bonchev–Trinajstić information content (AvgIpc) is 2.77. The molecule has 0 aromatic rings. The molecular formula is C13H25NO. The molecule has 1 aliphatic rings. The zero-order valence-electron chi connectivity index (χ0n) is 10.2. The molecule has 0 bridgehead atoms. The minimum Gasteiger partial charge on any atom is -0.303 e. The van der Waals surface area contributed by atoms with Crippen molar-refractivity contribution in [3.63, 3.8) is 0 Å². The van der Waals surface area contributed by atoms with Gasteiger partial charge in [0.1, 0.15) is 6.29 Å². The Morgan fingerprint density at radius 3 is 2.47 bits per heavy atom. The molecule has 0 aliphatic carbocycles. The van der Waals surface area contributed by atoms with Crippen molar-refractivity contribution in [2.45, 2.75) is 58.4 Å². The first-order valence-corrected chi connectivity index (χ1v) is 6.47. The monoisotopic (exact) mass is 211 g/mol. The molecule has 0 saturated carbocycles. The number of carbonyl (C=O) groups excluding carboxylic acids is 1. The second-order valence-corrected chi connectivity index (χ2v) is 4.85. The molecule has 2 heteroatoms. The van der Waals surface area contributed by atoms with E-state index in [1.165, 1.54) is 45.2 Å². The fraction of sp³-hybridized carbons (Fsp3) is 0.923. The molecule has 0 amide bonds. The third-order valence-corrected chi connectivity index (χ3v) is 3.56. The van der Waals surface area contributed by atoms with Crippen LogP contribution in [0.2, 0.25) is 0 Å². The molecule has 2 atom stereocenters. The standard InChI is InChI=1S/C13H25NO/c1-3-13(14-9-4-5-10-14)8-6-7-12(2)11-15/h11-13H,3-10H2,1-2H3/t12-,13?/m0/s1. The molecule has 1 rings (SSSR count). The van der Waals surface area contributed by atoms with E-state index in [4.69, 9.17) is 0 Å². The number of likely N-dealkylation sites (tertiary alicyclic amines) is 1. The van der Waals surface area contributed by atoms with Gasteiger partial charge in [0.2, 0.25) is 0 Å². The summed E-state index contributed by atoms with van der Waals surface area (Å²) in [6, 6.07) is 0.770. The lowest BCUT2D eigenvalue weighted by Crippen LogP contribution is -2.32. The van der Waals surface area contributed by atoms with Gasteiger partial charge in [0.15, 0.2) is 0 Å². The van der Waals surface area contributed by atoms with Crippen LogP contribution in [-0.4, -0.2) is 30.3 Å². The van der Waals surface area contributed by atoms with Crippen molar-refractivity contribution in [1.82, 2.24) is 4.90 Å². The van der Waals surface area contributed by atoms with E-state index in [2.05, 4.69) is 11.8 Å². The summed E-state index contributed by atoms with van der Waals surface area (Å²) in [7, 11) is 0. The number of nitrogens with zero attached hydrogens (tertiary/aromatic N) is 1. The molecule has 0 aromatic heterocycles. The van der Waals surface area contributed by atoms with Crippen LogP contribution in [0, 0.1) is 5.92 Å². The van der Waals surface area contributed by atoms with Crippen LogP contribution >= 0.6 is 0 Å². The fourth-order valence-electron chi connectivity index (χ4n) is 2.50. The number of hydrogen-bond acceptors (Lipinski definition) is 2. The molecule has 0 spiro atoms. The molecule has 15 heavy (non-hydrogen) atoms. The Morgan fingerprint density at radius 1 is 1.27 bits per heavy atom. The Kier molecular flexibility index (Phi) is 5.92. The highest BCUT2D eigenvalue weighted by Crippen LogP contribution is 2.19. The van der Waals surface area contributed by atoms with Gasteiger partial charge in [0, 0.05) is 12.0 Å². The molecule has 2 nitrogen and oxygen atoms in total. The zero-order chi connectivity index (χ0) is 11.1. The number of carbonyl (C=O) groups is 1. The molecule has 1 saturated heterocycles. The van der Waals surface area contributed by atoms with Crippen LogP contribution in [-0.2, 0) is 4.79 Å². The summed E-state index contributed by atoms with van der Waals surface area (Å²) in [4.78, 5) is 13.1. The zero-order valence-corrected chi connectivity index (χ0v) is 10.2. The SMILES string of the molecule is CCC(CCC[C@H](C)C=O)N1CCCC1. The smallest absolute Gasteiger partial charge is 0.122 e. The third kappa shape index (κ3) is 4.33. The molecule has 0 N–H and O–H groups in total. The van der Waals surface area contributed by atoms with Crippen LogP contribution in [0.15, 0.2) is 0 Å². The van der Waals surface area contributed by atoms with Crippen LogP contribution in [0.25, 0.3) is 0 Å². The van der Waals surface area contributed by atoms with Crippen molar-refractivity contribution in [2.75, 3.05) is 13.1 Å². The lowest BCUT2D eigenvalue weighted by Gasteiger charge is -2.26. The summed E-state index contributed by atoms with van der Waals surface area (Å²) < 4.78 is 0. The lowest BCUT2D eigenvalue weighted by molar-refractivity contribution is -0.110. The fourth-order valence-corrected chi connectivity index (χ4v) is 2.50. The second-order valence-electron chi connectivity index (χ2n) is 4.85. The van der Waals surface area contributed by atoms with Gasteiger partial charge in [-0.25, -0.2) is 0 Å². The van der Waals surface area contributed by atoms with Crippen LogP contribution in [0.3, 0.4) is 0 Å². The normalized spacial score (nSPS) is 21.5. The van der Waals surface area contributed by atoms with Crippen LogP contribution < -0.4 is 0 Å². The minimum absolute atomic E-state index is 0.251. The first-order chi connectivity index (χ1) is 7.27. The summed E-state index contributed by atoms with van der Waals surface area (Å²) >= 11 is 0. The van der Waals surface area contributed by atoms with Crippen molar-refractivity contribution in [1.29, 1.82) is 0 Å². The average molecular weight is 211 g/mol. The molecule has 1 fully saturated rings. The molecule has 1 heterocycles. The Balaban J connectivity index is 2.18. The third-order valence-electron chi connectivity index (χ3n) is 3.56. The van der Waals surface area contributed by atoms with Crippen molar-refractivity contribution in [3.8, 4) is 0 Å². The topological polar surface area (TPSA) is 20.3 Å². The molecule has 0 radical (unpaired) electrons. The van der Waals surface area contributed by atoms with Crippen molar-refractivity contribution < 1.29 is 4.79 Å². The minimum atomic E-state index is 0.251. The van der Waals surface area contributed by atoms with Crippen LogP contribution in [0.5, 0.6) is 0 Å². The van der Waals surface area contributed by atoms with Gasteiger partial charge in [-0.05, 0) is 45.2 Å². The number of aldehydes is 1. The van der Waals surface area contributed by atoms with Gasteiger partial charge in [-0.3, -0.25) is 0 Å². The Bertz CT molecular complexity index is 175. The predicted octanol–water partition coefficient (Wildman–Crippen LogP) is 2.87. The first kappa shape index (κ1) is 12.7. The summed E-state index contributed by atoms with van der Waals surface area (Å²) in [6.07, 6.45) is 8.63. The maximum absolute atomic E-state index is 10.5. The van der Waals surface area contributed by atoms with E-state index in [0.29, 0.717) is 0 Å². The molecule has 1 unspecified atom stereocenters. The summed E-state index contributed by atoms with van der Waals surface area (Å²) in [5, 5.41) is 0. The van der Waals surface area contributed by atoms with Gasteiger partial charge in [-0.1, -0.05) is 20.3 Å². The quantitative estimate of drug-likeness (QED) is 0.604. The highest BCUT2D eigenvalue weighted by Gasteiger charge is 2.19. The maximum atomic E-state index is 10.5. The van der Waals surface area contributed by atoms with Gasteiger partial charge >= 0.3 is 0 Å². The Morgan fingerprint density at radius 2 is 1.93 bits per heavy atom. The second kappa shape index (κ2) is 7.00.